The van der Waals surface area contributed by atoms with Crippen molar-refractivity contribution in [2.24, 2.45) is 0 Å². The SMILES string of the molecule is COCCCN(CC(=O)N(Cc1ccccc1)Cc1cccs1)C(=O)c1ccc2c(c1)OCO2. The van der Waals surface area contributed by atoms with Gasteiger partial charge in [-0.05, 0) is 41.6 Å². The largest absolute Gasteiger partial charge is 0.454 e. The fraction of sp³-hybridized carbons (Fsp3) is 0.308. The van der Waals surface area contributed by atoms with Crippen LogP contribution < -0.4 is 9.47 Å². The van der Waals surface area contributed by atoms with Crippen molar-refractivity contribution in [2.75, 3.05) is 33.6 Å². The Bertz CT molecular complexity index is 1090. The van der Waals surface area contributed by atoms with Crippen LogP contribution in [0.5, 0.6) is 11.5 Å². The molecule has 1 aromatic heterocycles. The van der Waals surface area contributed by atoms with E-state index in [1.807, 2.05) is 47.8 Å². The van der Waals surface area contributed by atoms with E-state index in [-0.39, 0.29) is 25.2 Å². The van der Waals surface area contributed by atoms with Crippen LogP contribution in [0, 0.1) is 0 Å². The van der Waals surface area contributed by atoms with Gasteiger partial charge in [-0.25, -0.2) is 0 Å². The van der Waals surface area contributed by atoms with Crippen LogP contribution in [0.4, 0.5) is 0 Å². The molecule has 0 atom stereocenters. The molecule has 0 saturated carbocycles. The average molecular weight is 481 g/mol. The predicted octanol–water partition coefficient (Wildman–Crippen LogP) is 4.18. The van der Waals surface area contributed by atoms with Crippen LogP contribution in [0.15, 0.2) is 66.0 Å². The van der Waals surface area contributed by atoms with Crippen LogP contribution >= 0.6 is 11.3 Å². The van der Waals surface area contributed by atoms with Gasteiger partial charge in [0.15, 0.2) is 11.5 Å². The summed E-state index contributed by atoms with van der Waals surface area (Å²) in [5.74, 6) is 0.822. The van der Waals surface area contributed by atoms with Crippen LogP contribution in [0.1, 0.15) is 27.2 Å². The second-order valence-electron chi connectivity index (χ2n) is 7.96. The maximum atomic E-state index is 13.5. The molecule has 0 saturated heterocycles. The number of fused-ring (bicyclic) bond motifs is 1. The normalized spacial score (nSPS) is 11.9. The lowest BCUT2D eigenvalue weighted by atomic mass is 10.1. The molecule has 0 radical (unpaired) electrons. The summed E-state index contributed by atoms with van der Waals surface area (Å²) in [6.45, 7) is 2.00. The van der Waals surface area contributed by atoms with Crippen LogP contribution in [-0.2, 0) is 22.6 Å². The van der Waals surface area contributed by atoms with Crippen molar-refractivity contribution in [3.8, 4) is 11.5 Å². The Morgan fingerprint density at radius 3 is 2.56 bits per heavy atom. The maximum Gasteiger partial charge on any atom is 0.254 e. The Kier molecular flexibility index (Phi) is 8.17. The number of nitrogens with zero attached hydrogens (tertiary/aromatic N) is 2. The number of rotatable bonds is 11. The van der Waals surface area contributed by atoms with Gasteiger partial charge in [-0.15, -0.1) is 11.3 Å². The van der Waals surface area contributed by atoms with Crippen molar-refractivity contribution in [1.29, 1.82) is 0 Å². The summed E-state index contributed by atoms with van der Waals surface area (Å²) in [5.41, 5.74) is 1.50. The highest BCUT2D eigenvalue weighted by molar-refractivity contribution is 7.09. The van der Waals surface area contributed by atoms with E-state index < -0.39 is 0 Å². The Hall–Kier alpha value is -3.36. The topological polar surface area (TPSA) is 68.3 Å². The molecule has 8 heteroatoms. The summed E-state index contributed by atoms with van der Waals surface area (Å²) in [5, 5.41) is 2.00. The minimum Gasteiger partial charge on any atom is -0.454 e. The fourth-order valence-corrected chi connectivity index (χ4v) is 4.47. The van der Waals surface area contributed by atoms with Crippen molar-refractivity contribution >= 4 is 23.2 Å². The highest BCUT2D eigenvalue weighted by atomic mass is 32.1. The Morgan fingerprint density at radius 1 is 0.971 bits per heavy atom. The molecule has 0 fully saturated rings. The number of amides is 2. The molecule has 7 nitrogen and oxygen atoms in total. The number of ether oxygens (including phenoxy) is 3. The number of carbonyl (C=O) groups excluding carboxylic acids is 2. The smallest absolute Gasteiger partial charge is 0.254 e. The first-order valence-corrected chi connectivity index (χ1v) is 12.0. The molecule has 0 N–H and O–H groups in total. The van der Waals surface area contributed by atoms with Crippen LogP contribution in [-0.4, -0.2) is 55.2 Å². The maximum absolute atomic E-state index is 13.5. The molecule has 1 aliphatic heterocycles. The summed E-state index contributed by atoms with van der Waals surface area (Å²) in [6.07, 6.45) is 0.629. The molecule has 1 aliphatic rings. The first kappa shape index (κ1) is 23.8. The molecular weight excluding hydrogens is 452 g/mol. The second kappa shape index (κ2) is 11.7. The zero-order valence-electron chi connectivity index (χ0n) is 19.1. The van der Waals surface area contributed by atoms with Crippen molar-refractivity contribution in [1.82, 2.24) is 9.80 Å². The second-order valence-corrected chi connectivity index (χ2v) is 8.99. The summed E-state index contributed by atoms with van der Waals surface area (Å²) in [6, 6.07) is 19.0. The molecule has 34 heavy (non-hydrogen) atoms. The van der Waals surface area contributed by atoms with E-state index in [2.05, 4.69) is 0 Å². The van der Waals surface area contributed by atoms with Crippen molar-refractivity contribution in [3.63, 3.8) is 0 Å². The van der Waals surface area contributed by atoms with Gasteiger partial charge in [0, 0.05) is 37.2 Å². The standard InChI is InChI=1S/C26H28N2O5S/c1-31-13-6-12-27(26(30)21-10-11-23-24(15-21)33-19-32-23)18-25(29)28(17-22-9-5-14-34-22)16-20-7-3-2-4-8-20/h2-5,7-11,14-15H,6,12-13,16-19H2,1H3. The van der Waals surface area contributed by atoms with E-state index in [4.69, 9.17) is 14.2 Å². The van der Waals surface area contributed by atoms with Crippen molar-refractivity contribution in [2.45, 2.75) is 19.5 Å². The number of hydrogen-bond acceptors (Lipinski definition) is 6. The summed E-state index contributed by atoms with van der Waals surface area (Å²) >= 11 is 1.61. The van der Waals surface area contributed by atoms with E-state index in [1.165, 1.54) is 0 Å². The fourth-order valence-electron chi connectivity index (χ4n) is 3.75. The number of hydrogen-bond donors (Lipinski definition) is 0. The third-order valence-electron chi connectivity index (χ3n) is 5.51. The van der Waals surface area contributed by atoms with Gasteiger partial charge < -0.3 is 24.0 Å². The lowest BCUT2D eigenvalue weighted by Gasteiger charge is -2.28. The van der Waals surface area contributed by atoms with E-state index in [9.17, 15) is 9.59 Å². The van der Waals surface area contributed by atoms with Gasteiger partial charge in [-0.1, -0.05) is 36.4 Å². The molecular formula is C26H28N2O5S. The first-order valence-electron chi connectivity index (χ1n) is 11.2. The van der Waals surface area contributed by atoms with Crippen molar-refractivity contribution in [3.05, 3.63) is 82.0 Å². The number of carbonyl (C=O) groups is 2. The Morgan fingerprint density at radius 2 is 1.79 bits per heavy atom. The molecule has 0 aliphatic carbocycles. The highest BCUT2D eigenvalue weighted by Gasteiger charge is 2.24. The van der Waals surface area contributed by atoms with E-state index in [0.29, 0.717) is 49.7 Å². The molecule has 2 heterocycles. The minimum atomic E-state index is -0.224. The zero-order chi connectivity index (χ0) is 23.8. The van der Waals surface area contributed by atoms with Gasteiger partial charge in [0.25, 0.3) is 5.91 Å². The summed E-state index contributed by atoms with van der Waals surface area (Å²) in [4.78, 5) is 31.4. The Labute approximate surface area is 203 Å². The molecule has 178 valence electrons. The van der Waals surface area contributed by atoms with Gasteiger partial charge >= 0.3 is 0 Å². The lowest BCUT2D eigenvalue weighted by molar-refractivity contribution is -0.133. The number of methoxy groups -OCH3 is 1. The third kappa shape index (κ3) is 6.15. The van der Waals surface area contributed by atoms with Crippen LogP contribution in [0.25, 0.3) is 0 Å². The zero-order valence-corrected chi connectivity index (χ0v) is 20.0. The van der Waals surface area contributed by atoms with Crippen LogP contribution in [0.3, 0.4) is 0 Å². The minimum absolute atomic E-state index is 0.0187. The summed E-state index contributed by atoms with van der Waals surface area (Å²) < 4.78 is 15.9. The van der Waals surface area contributed by atoms with E-state index in [0.717, 1.165) is 10.4 Å². The molecule has 0 bridgehead atoms. The van der Waals surface area contributed by atoms with Gasteiger partial charge in [-0.3, -0.25) is 9.59 Å². The number of thiophene rings is 1. The Balaban J connectivity index is 1.52. The van der Waals surface area contributed by atoms with E-state index in [1.54, 1.807) is 46.4 Å². The lowest BCUT2D eigenvalue weighted by Crippen LogP contribution is -2.43. The molecule has 0 spiro atoms. The first-order chi connectivity index (χ1) is 16.6. The van der Waals surface area contributed by atoms with Gasteiger partial charge in [0.2, 0.25) is 12.7 Å². The van der Waals surface area contributed by atoms with Gasteiger partial charge in [-0.2, -0.15) is 0 Å². The number of benzene rings is 2. The average Bonchev–Trinajstić information content (AvgIpc) is 3.55. The third-order valence-corrected chi connectivity index (χ3v) is 6.37. The quantitative estimate of drug-likeness (QED) is 0.385. The molecule has 3 aromatic rings. The predicted molar refractivity (Wildman–Crippen MR) is 130 cm³/mol. The molecule has 2 aromatic carbocycles. The van der Waals surface area contributed by atoms with Gasteiger partial charge in [0.05, 0.1) is 6.54 Å². The van der Waals surface area contributed by atoms with Crippen LogP contribution in [0.2, 0.25) is 0 Å². The van der Waals surface area contributed by atoms with E-state index >= 15 is 0 Å². The summed E-state index contributed by atoms with van der Waals surface area (Å²) in [7, 11) is 1.62. The molecule has 0 unspecified atom stereocenters. The van der Waals surface area contributed by atoms with Crippen molar-refractivity contribution < 1.29 is 23.8 Å². The van der Waals surface area contributed by atoms with Gasteiger partial charge in [0.1, 0.15) is 6.54 Å². The molecule has 2 amide bonds. The highest BCUT2D eigenvalue weighted by Crippen LogP contribution is 2.32. The molecule has 4 rings (SSSR count). The monoisotopic (exact) mass is 480 g/mol.